The fraction of sp³-hybridized carbons (Fsp3) is 0.706. The first-order valence-corrected chi connectivity index (χ1v) is 8.13. The maximum Gasteiger partial charge on any atom is 0.125 e. The molecule has 20 heavy (non-hydrogen) atoms. The number of aryl methyl sites for hydroxylation is 1. The second kappa shape index (κ2) is 12.9. The van der Waals surface area contributed by atoms with Gasteiger partial charge in [0.15, 0.2) is 0 Å². The number of rotatable bonds is 3. The van der Waals surface area contributed by atoms with Crippen LogP contribution in [0.3, 0.4) is 0 Å². The summed E-state index contributed by atoms with van der Waals surface area (Å²) in [6, 6.07) is 4.12. The van der Waals surface area contributed by atoms with E-state index in [4.69, 9.17) is 0 Å². The van der Waals surface area contributed by atoms with Gasteiger partial charge in [-0.2, -0.15) is 0 Å². The third kappa shape index (κ3) is 8.92. The number of aromatic nitrogens is 1. The molecule has 0 aromatic carbocycles. The van der Waals surface area contributed by atoms with E-state index in [0.29, 0.717) is 0 Å². The lowest BCUT2D eigenvalue weighted by molar-refractivity contribution is 0.277. The van der Waals surface area contributed by atoms with E-state index >= 15 is 0 Å². The van der Waals surface area contributed by atoms with Crippen LogP contribution < -0.4 is 5.32 Å². The molecule has 3 nitrogen and oxygen atoms in total. The van der Waals surface area contributed by atoms with Gasteiger partial charge >= 0.3 is 0 Å². The molecule has 2 heterocycles. The molecule has 1 aromatic heterocycles. The molecular formula is C17H33N3. The van der Waals surface area contributed by atoms with E-state index in [1.165, 1.54) is 37.9 Å². The van der Waals surface area contributed by atoms with Gasteiger partial charge in [-0.15, -0.1) is 0 Å². The molecule has 1 fully saturated rings. The number of likely N-dealkylation sites (tertiary alicyclic amines) is 1. The summed E-state index contributed by atoms with van der Waals surface area (Å²) in [5.74, 6) is 0.963. The van der Waals surface area contributed by atoms with Crippen molar-refractivity contribution >= 4 is 5.82 Å². The van der Waals surface area contributed by atoms with Crippen LogP contribution in [0.15, 0.2) is 18.3 Å². The first-order valence-electron chi connectivity index (χ1n) is 8.13. The second-order valence-electron chi connectivity index (χ2n) is 4.80. The monoisotopic (exact) mass is 279 g/mol. The molecule has 0 unspecified atom stereocenters. The predicted molar refractivity (Wildman–Crippen MR) is 90.5 cm³/mol. The fourth-order valence-electron chi connectivity index (χ4n) is 1.97. The van der Waals surface area contributed by atoms with E-state index in [0.717, 1.165) is 18.8 Å². The van der Waals surface area contributed by atoms with Crippen LogP contribution in [0.5, 0.6) is 0 Å². The van der Waals surface area contributed by atoms with Gasteiger partial charge in [0.25, 0.3) is 0 Å². The molecule has 1 aromatic rings. The van der Waals surface area contributed by atoms with Crippen LogP contribution in [-0.2, 0) is 6.42 Å². The summed E-state index contributed by atoms with van der Waals surface area (Å²) in [6.07, 6.45) is 7.24. The van der Waals surface area contributed by atoms with Crippen molar-refractivity contribution < 1.29 is 0 Å². The summed E-state index contributed by atoms with van der Waals surface area (Å²) in [5, 5.41) is 3.15. The van der Waals surface area contributed by atoms with Crippen molar-refractivity contribution in [3.8, 4) is 0 Å². The topological polar surface area (TPSA) is 28.2 Å². The number of hydrogen-bond donors (Lipinski definition) is 1. The largest absolute Gasteiger partial charge is 0.370 e. The lowest BCUT2D eigenvalue weighted by atomic mass is 10.1. The Morgan fingerprint density at radius 2 is 1.75 bits per heavy atom. The van der Waals surface area contributed by atoms with E-state index in [-0.39, 0.29) is 0 Å². The van der Waals surface area contributed by atoms with Crippen LogP contribution in [-0.4, -0.2) is 36.6 Å². The Morgan fingerprint density at radius 1 is 1.10 bits per heavy atom. The quantitative estimate of drug-likeness (QED) is 0.898. The zero-order chi connectivity index (χ0) is 15.2. The van der Waals surface area contributed by atoms with Crippen LogP contribution >= 0.6 is 0 Å². The van der Waals surface area contributed by atoms with Gasteiger partial charge in [-0.05, 0) is 58.0 Å². The SMILES string of the molecule is CC.CCNc1ccc(CC)cn1.CN1CCCCC1. The molecule has 0 amide bonds. The molecule has 0 radical (unpaired) electrons. The molecular weight excluding hydrogens is 246 g/mol. The van der Waals surface area contributed by atoms with Gasteiger partial charge < -0.3 is 10.2 Å². The number of nitrogens with one attached hydrogen (secondary N) is 1. The normalized spacial score (nSPS) is 14.4. The molecule has 0 spiro atoms. The van der Waals surface area contributed by atoms with E-state index in [9.17, 15) is 0 Å². The molecule has 2 rings (SSSR count). The van der Waals surface area contributed by atoms with Gasteiger partial charge in [0, 0.05) is 12.7 Å². The number of anilines is 1. The highest BCUT2D eigenvalue weighted by Crippen LogP contribution is 2.05. The second-order valence-corrected chi connectivity index (χ2v) is 4.80. The molecule has 0 saturated carbocycles. The molecule has 1 aliphatic heterocycles. The molecule has 1 saturated heterocycles. The van der Waals surface area contributed by atoms with Gasteiger partial charge in [-0.1, -0.05) is 33.3 Å². The number of piperidine rings is 1. The van der Waals surface area contributed by atoms with Crippen molar-refractivity contribution in [1.82, 2.24) is 9.88 Å². The van der Waals surface area contributed by atoms with Crippen molar-refractivity contribution in [2.75, 3.05) is 32.0 Å². The van der Waals surface area contributed by atoms with E-state index < -0.39 is 0 Å². The zero-order valence-electron chi connectivity index (χ0n) is 14.1. The molecule has 1 aliphatic rings. The van der Waals surface area contributed by atoms with Crippen LogP contribution in [0.4, 0.5) is 5.82 Å². The van der Waals surface area contributed by atoms with Gasteiger partial charge in [0.05, 0.1) is 0 Å². The summed E-state index contributed by atoms with van der Waals surface area (Å²) < 4.78 is 0. The van der Waals surface area contributed by atoms with E-state index in [2.05, 4.69) is 42.2 Å². The highest BCUT2D eigenvalue weighted by atomic mass is 15.1. The highest BCUT2D eigenvalue weighted by molar-refractivity contribution is 5.35. The average molecular weight is 279 g/mol. The van der Waals surface area contributed by atoms with Gasteiger partial charge in [0.1, 0.15) is 5.82 Å². The third-order valence-electron chi connectivity index (χ3n) is 3.17. The third-order valence-corrected chi connectivity index (χ3v) is 3.17. The molecule has 0 aliphatic carbocycles. The Morgan fingerprint density at radius 3 is 2.10 bits per heavy atom. The van der Waals surface area contributed by atoms with Crippen molar-refractivity contribution in [2.24, 2.45) is 0 Å². The Labute approximate surface area is 125 Å². The minimum Gasteiger partial charge on any atom is -0.370 e. The zero-order valence-corrected chi connectivity index (χ0v) is 14.1. The minimum absolute atomic E-state index is 0.929. The predicted octanol–water partition coefficient (Wildman–Crippen LogP) is 4.20. The number of hydrogen-bond acceptors (Lipinski definition) is 3. The fourth-order valence-corrected chi connectivity index (χ4v) is 1.97. The van der Waals surface area contributed by atoms with E-state index in [1.54, 1.807) is 0 Å². The highest BCUT2D eigenvalue weighted by Gasteiger charge is 2.02. The van der Waals surface area contributed by atoms with Crippen LogP contribution in [0.2, 0.25) is 0 Å². The van der Waals surface area contributed by atoms with Gasteiger partial charge in [0.2, 0.25) is 0 Å². The smallest absolute Gasteiger partial charge is 0.125 e. The maximum absolute atomic E-state index is 4.23. The number of pyridine rings is 1. The van der Waals surface area contributed by atoms with E-state index in [1.807, 2.05) is 26.1 Å². The lowest BCUT2D eigenvalue weighted by Crippen LogP contribution is -2.24. The van der Waals surface area contributed by atoms with Crippen LogP contribution in [0.25, 0.3) is 0 Å². The first kappa shape index (κ1) is 18.9. The molecule has 1 N–H and O–H groups in total. The first-order chi connectivity index (χ1) is 9.76. The Balaban J connectivity index is 0.000000345. The van der Waals surface area contributed by atoms with Crippen molar-refractivity contribution in [3.05, 3.63) is 23.9 Å². The summed E-state index contributed by atoms with van der Waals surface area (Å²) in [5.41, 5.74) is 1.28. The summed E-state index contributed by atoms with van der Waals surface area (Å²) >= 11 is 0. The van der Waals surface area contributed by atoms with Gasteiger partial charge in [-0.25, -0.2) is 4.98 Å². The summed E-state index contributed by atoms with van der Waals surface area (Å²) in [6.45, 7) is 11.8. The molecule has 0 atom stereocenters. The molecule has 0 bridgehead atoms. The molecule has 3 heteroatoms. The average Bonchev–Trinajstić information content (AvgIpc) is 2.52. The minimum atomic E-state index is 0.929. The maximum atomic E-state index is 4.23. The van der Waals surface area contributed by atoms with Crippen LogP contribution in [0.1, 0.15) is 52.5 Å². The van der Waals surface area contributed by atoms with Crippen LogP contribution in [0, 0.1) is 0 Å². The number of nitrogens with zero attached hydrogens (tertiary/aromatic N) is 2. The summed E-state index contributed by atoms with van der Waals surface area (Å²) in [4.78, 5) is 6.62. The lowest BCUT2D eigenvalue weighted by Gasteiger charge is -2.20. The Bertz CT molecular complexity index is 303. The van der Waals surface area contributed by atoms with Crippen molar-refractivity contribution in [1.29, 1.82) is 0 Å². The molecule has 116 valence electrons. The van der Waals surface area contributed by atoms with Gasteiger partial charge in [-0.3, -0.25) is 0 Å². The standard InChI is InChI=1S/C9H14N2.C6H13N.C2H6/c1-3-8-5-6-9(10-4-2)11-7-8;1-7-5-3-2-4-6-7;1-2/h5-7H,3-4H2,1-2H3,(H,10,11);2-6H2,1H3;1-2H3. The van der Waals surface area contributed by atoms with Crippen molar-refractivity contribution in [3.63, 3.8) is 0 Å². The Hall–Kier alpha value is -1.09. The Kier molecular flexibility index (Phi) is 12.2. The van der Waals surface area contributed by atoms with Crippen molar-refractivity contribution in [2.45, 2.75) is 53.4 Å². The summed E-state index contributed by atoms with van der Waals surface area (Å²) in [7, 11) is 2.19.